The van der Waals surface area contributed by atoms with E-state index in [1.807, 2.05) is 24.3 Å². The first-order chi connectivity index (χ1) is 12.7. The summed E-state index contributed by atoms with van der Waals surface area (Å²) >= 11 is 3.52. The maximum atomic E-state index is 13.2. The Labute approximate surface area is 163 Å². The van der Waals surface area contributed by atoms with Gasteiger partial charge in [0.2, 0.25) is 0 Å². The van der Waals surface area contributed by atoms with Crippen LogP contribution in [0.3, 0.4) is 0 Å². The van der Waals surface area contributed by atoms with Crippen molar-refractivity contribution in [2.45, 2.75) is 19.6 Å². The standard InChI is InChI=1S/C21H26N2OS2/c1-4-23(5-2)13-12-22-17-11-10-15(14-25-3)21-19(17)20(24)16-8-6-7-9-18(16)26-21/h6-11,22H,4-5,12-14H2,1-3H3. The largest absolute Gasteiger partial charge is 0.383 e. The molecule has 3 aromatic rings. The topological polar surface area (TPSA) is 32.3 Å². The molecule has 0 saturated carbocycles. The van der Waals surface area contributed by atoms with Crippen LogP contribution in [-0.4, -0.2) is 37.3 Å². The zero-order valence-corrected chi connectivity index (χ0v) is 17.3. The van der Waals surface area contributed by atoms with E-state index in [2.05, 4.69) is 42.5 Å². The molecule has 5 heteroatoms. The van der Waals surface area contributed by atoms with E-state index in [0.717, 1.165) is 57.8 Å². The van der Waals surface area contributed by atoms with Gasteiger partial charge in [-0.3, -0.25) is 4.79 Å². The molecule has 1 heterocycles. The molecule has 1 aromatic heterocycles. The Morgan fingerprint density at radius 3 is 2.62 bits per heavy atom. The van der Waals surface area contributed by atoms with Gasteiger partial charge in [0.15, 0.2) is 5.43 Å². The quantitative estimate of drug-likeness (QED) is 0.550. The van der Waals surface area contributed by atoms with E-state index < -0.39 is 0 Å². The summed E-state index contributed by atoms with van der Waals surface area (Å²) in [4.78, 5) is 15.6. The Kier molecular flexibility index (Phi) is 6.57. The normalized spacial score (nSPS) is 11.5. The Morgan fingerprint density at radius 1 is 1.12 bits per heavy atom. The van der Waals surface area contributed by atoms with Gasteiger partial charge in [-0.05, 0) is 43.1 Å². The van der Waals surface area contributed by atoms with Gasteiger partial charge in [0.25, 0.3) is 0 Å². The zero-order chi connectivity index (χ0) is 18.5. The molecule has 2 aromatic carbocycles. The van der Waals surface area contributed by atoms with Crippen molar-refractivity contribution in [3.05, 3.63) is 52.2 Å². The zero-order valence-electron chi connectivity index (χ0n) is 15.7. The highest BCUT2D eigenvalue weighted by molar-refractivity contribution is 7.97. The number of likely N-dealkylation sites (N-methyl/N-ethyl adjacent to an activating group) is 1. The van der Waals surface area contributed by atoms with Gasteiger partial charge in [-0.2, -0.15) is 11.8 Å². The van der Waals surface area contributed by atoms with Crippen LogP contribution in [-0.2, 0) is 5.75 Å². The summed E-state index contributed by atoms with van der Waals surface area (Å²) < 4.78 is 2.18. The van der Waals surface area contributed by atoms with Crippen molar-refractivity contribution in [3.8, 4) is 0 Å². The fourth-order valence-electron chi connectivity index (χ4n) is 3.26. The average Bonchev–Trinajstić information content (AvgIpc) is 2.67. The predicted octanol–water partition coefficient (Wildman–Crippen LogP) is 5.03. The molecular formula is C21H26N2OS2. The first-order valence-corrected chi connectivity index (χ1v) is 11.3. The number of fused-ring (bicyclic) bond motifs is 2. The van der Waals surface area contributed by atoms with E-state index in [9.17, 15) is 4.79 Å². The molecule has 0 unspecified atom stereocenters. The smallest absolute Gasteiger partial charge is 0.197 e. The van der Waals surface area contributed by atoms with Gasteiger partial charge >= 0.3 is 0 Å². The van der Waals surface area contributed by atoms with Crippen LogP contribution in [0.5, 0.6) is 0 Å². The van der Waals surface area contributed by atoms with E-state index >= 15 is 0 Å². The molecule has 0 bridgehead atoms. The number of anilines is 1. The molecule has 0 spiro atoms. The van der Waals surface area contributed by atoms with Crippen LogP contribution in [0.25, 0.3) is 20.2 Å². The molecule has 3 rings (SSSR count). The van der Waals surface area contributed by atoms with Gasteiger partial charge in [0.05, 0.1) is 5.39 Å². The van der Waals surface area contributed by atoms with Gasteiger partial charge in [0, 0.05) is 39.3 Å². The van der Waals surface area contributed by atoms with Crippen molar-refractivity contribution in [2.75, 3.05) is 37.8 Å². The van der Waals surface area contributed by atoms with Crippen molar-refractivity contribution in [3.63, 3.8) is 0 Å². The van der Waals surface area contributed by atoms with Crippen LogP contribution in [0, 0.1) is 0 Å². The number of hydrogen-bond donors (Lipinski definition) is 1. The lowest BCUT2D eigenvalue weighted by atomic mass is 10.1. The van der Waals surface area contributed by atoms with Gasteiger partial charge in [-0.15, -0.1) is 11.3 Å². The number of nitrogens with zero attached hydrogens (tertiary/aromatic N) is 1. The minimum Gasteiger partial charge on any atom is -0.383 e. The molecule has 0 atom stereocenters. The first kappa shape index (κ1) is 19.2. The Hall–Kier alpha value is -1.56. The van der Waals surface area contributed by atoms with Crippen molar-refractivity contribution < 1.29 is 0 Å². The van der Waals surface area contributed by atoms with E-state index in [0.29, 0.717) is 0 Å². The highest BCUT2D eigenvalue weighted by atomic mass is 32.2. The van der Waals surface area contributed by atoms with Crippen LogP contribution in [0.15, 0.2) is 41.2 Å². The lowest BCUT2D eigenvalue weighted by Crippen LogP contribution is -2.28. The second kappa shape index (κ2) is 8.89. The second-order valence-corrected chi connectivity index (χ2v) is 8.21. The molecule has 0 saturated heterocycles. The number of nitrogens with one attached hydrogen (secondary N) is 1. The lowest BCUT2D eigenvalue weighted by molar-refractivity contribution is 0.316. The fourth-order valence-corrected chi connectivity index (χ4v) is 5.12. The maximum absolute atomic E-state index is 13.2. The van der Waals surface area contributed by atoms with Crippen LogP contribution in [0.1, 0.15) is 19.4 Å². The van der Waals surface area contributed by atoms with E-state index in [1.165, 1.54) is 5.56 Å². The summed E-state index contributed by atoms with van der Waals surface area (Å²) in [5.41, 5.74) is 2.35. The van der Waals surface area contributed by atoms with Crippen molar-refractivity contribution in [1.29, 1.82) is 0 Å². The van der Waals surface area contributed by atoms with Crippen molar-refractivity contribution in [2.24, 2.45) is 0 Å². The number of rotatable bonds is 8. The second-order valence-electron chi connectivity index (χ2n) is 6.29. The van der Waals surface area contributed by atoms with Gasteiger partial charge in [0.1, 0.15) is 0 Å². The molecule has 0 radical (unpaired) electrons. The van der Waals surface area contributed by atoms with Crippen LogP contribution < -0.4 is 10.7 Å². The van der Waals surface area contributed by atoms with E-state index in [1.54, 1.807) is 23.1 Å². The minimum absolute atomic E-state index is 0.141. The summed E-state index contributed by atoms with van der Waals surface area (Å²) in [7, 11) is 0. The van der Waals surface area contributed by atoms with Gasteiger partial charge < -0.3 is 10.2 Å². The fraction of sp³-hybridized carbons (Fsp3) is 0.381. The van der Waals surface area contributed by atoms with E-state index in [4.69, 9.17) is 0 Å². The average molecular weight is 387 g/mol. The Bertz CT molecular complexity index is 948. The highest BCUT2D eigenvalue weighted by Crippen LogP contribution is 2.33. The molecule has 0 aliphatic heterocycles. The third-order valence-electron chi connectivity index (χ3n) is 4.75. The third kappa shape index (κ3) is 3.90. The predicted molar refractivity (Wildman–Crippen MR) is 119 cm³/mol. The molecule has 138 valence electrons. The molecule has 0 amide bonds. The monoisotopic (exact) mass is 386 g/mol. The SMILES string of the molecule is CCN(CC)CCNc1ccc(CSC)c2sc3ccccc3c(=O)c12. The lowest BCUT2D eigenvalue weighted by Gasteiger charge is -2.19. The van der Waals surface area contributed by atoms with Gasteiger partial charge in [-0.25, -0.2) is 0 Å². The van der Waals surface area contributed by atoms with Crippen LogP contribution in [0.4, 0.5) is 5.69 Å². The molecule has 0 fully saturated rings. The van der Waals surface area contributed by atoms with Crippen molar-refractivity contribution in [1.82, 2.24) is 4.90 Å². The molecule has 26 heavy (non-hydrogen) atoms. The molecule has 3 nitrogen and oxygen atoms in total. The Balaban J connectivity index is 2.07. The summed E-state index contributed by atoms with van der Waals surface area (Å²) in [5.74, 6) is 0.921. The minimum atomic E-state index is 0.141. The molecule has 0 aliphatic rings. The first-order valence-electron chi connectivity index (χ1n) is 9.12. The number of thioether (sulfide) groups is 1. The molecule has 0 aliphatic carbocycles. The maximum Gasteiger partial charge on any atom is 0.197 e. The van der Waals surface area contributed by atoms with Crippen molar-refractivity contribution >= 4 is 49.0 Å². The summed E-state index contributed by atoms with van der Waals surface area (Å²) in [6.45, 7) is 8.28. The molecular weight excluding hydrogens is 360 g/mol. The summed E-state index contributed by atoms with van der Waals surface area (Å²) in [6.07, 6.45) is 2.10. The molecule has 1 N–H and O–H groups in total. The van der Waals surface area contributed by atoms with E-state index in [-0.39, 0.29) is 5.43 Å². The third-order valence-corrected chi connectivity index (χ3v) is 6.59. The Morgan fingerprint density at radius 2 is 1.88 bits per heavy atom. The summed E-state index contributed by atoms with van der Waals surface area (Å²) in [5, 5.41) is 5.18. The van der Waals surface area contributed by atoms with Crippen LogP contribution >= 0.6 is 23.1 Å². The number of benzene rings is 2. The summed E-state index contributed by atoms with van der Waals surface area (Å²) in [6, 6.07) is 12.2. The number of hydrogen-bond acceptors (Lipinski definition) is 5. The highest BCUT2D eigenvalue weighted by Gasteiger charge is 2.13. The van der Waals surface area contributed by atoms with Gasteiger partial charge in [-0.1, -0.05) is 32.0 Å². The van der Waals surface area contributed by atoms with Crippen LogP contribution in [0.2, 0.25) is 0 Å².